The molecule has 4 aromatic rings. The number of methoxy groups -OCH3 is 1. The number of rotatable bonds is 6. The first-order valence-corrected chi connectivity index (χ1v) is 8.88. The van der Waals surface area contributed by atoms with Crippen molar-refractivity contribution in [1.82, 2.24) is 15.2 Å². The van der Waals surface area contributed by atoms with Gasteiger partial charge in [-0.1, -0.05) is 24.3 Å². The number of nitro groups is 1. The Kier molecular flexibility index (Phi) is 4.98. The van der Waals surface area contributed by atoms with E-state index in [0.717, 1.165) is 22.0 Å². The van der Waals surface area contributed by atoms with Crippen LogP contribution in [-0.2, 0) is 6.42 Å². The molecule has 4 rings (SSSR count). The smallest absolute Gasteiger partial charge is 0.271 e. The first kappa shape index (κ1) is 18.3. The van der Waals surface area contributed by atoms with Gasteiger partial charge in [0.25, 0.3) is 5.69 Å². The third-order valence-electron chi connectivity index (χ3n) is 4.53. The molecule has 2 aromatic heterocycles. The summed E-state index contributed by atoms with van der Waals surface area (Å²) in [6, 6.07) is 16.0. The summed E-state index contributed by atoms with van der Waals surface area (Å²) >= 11 is 0. The number of non-ortho nitro benzene ring substituents is 1. The van der Waals surface area contributed by atoms with Gasteiger partial charge in [-0.15, -0.1) is 5.10 Å². The first-order valence-electron chi connectivity index (χ1n) is 8.88. The number of benzene rings is 2. The molecule has 0 atom stereocenters. The molecular weight excluding hydrogens is 370 g/mol. The number of nitrogens with zero attached hydrogens (tertiary/aromatic N) is 4. The highest BCUT2D eigenvalue weighted by Crippen LogP contribution is 2.33. The molecule has 2 aromatic carbocycles. The Morgan fingerprint density at radius 2 is 1.79 bits per heavy atom. The lowest BCUT2D eigenvalue weighted by molar-refractivity contribution is -0.384. The zero-order chi connectivity index (χ0) is 20.2. The van der Waals surface area contributed by atoms with Crippen LogP contribution in [0.25, 0.3) is 10.8 Å². The van der Waals surface area contributed by atoms with Crippen LogP contribution in [0, 0.1) is 10.1 Å². The Balaban J connectivity index is 1.75. The molecule has 0 aliphatic heterocycles. The number of fused-ring (bicyclic) bond motifs is 1. The second-order valence-electron chi connectivity index (χ2n) is 6.34. The van der Waals surface area contributed by atoms with Gasteiger partial charge in [0, 0.05) is 41.7 Å². The summed E-state index contributed by atoms with van der Waals surface area (Å²) in [4.78, 5) is 14.7. The molecule has 144 valence electrons. The Hall–Kier alpha value is -4.07. The summed E-state index contributed by atoms with van der Waals surface area (Å²) in [5.41, 5.74) is 2.33. The van der Waals surface area contributed by atoms with Crippen molar-refractivity contribution >= 4 is 28.0 Å². The van der Waals surface area contributed by atoms with Gasteiger partial charge in [0.15, 0.2) is 5.82 Å². The minimum atomic E-state index is -0.452. The predicted octanol–water partition coefficient (Wildman–Crippen LogP) is 4.28. The van der Waals surface area contributed by atoms with Gasteiger partial charge in [0.1, 0.15) is 5.75 Å². The summed E-state index contributed by atoms with van der Waals surface area (Å²) in [6.45, 7) is 0. The van der Waals surface area contributed by atoms with Crippen LogP contribution in [0.15, 0.2) is 67.0 Å². The quantitative estimate of drug-likeness (QED) is 0.389. The third kappa shape index (κ3) is 3.81. The molecule has 8 nitrogen and oxygen atoms in total. The fraction of sp³-hybridized carbons (Fsp3) is 0.0952. The monoisotopic (exact) mass is 387 g/mol. The lowest BCUT2D eigenvalue weighted by atomic mass is 10.0. The second-order valence-corrected chi connectivity index (χ2v) is 6.34. The molecule has 0 aliphatic rings. The van der Waals surface area contributed by atoms with E-state index >= 15 is 0 Å². The van der Waals surface area contributed by atoms with Crippen molar-refractivity contribution in [3.63, 3.8) is 0 Å². The van der Waals surface area contributed by atoms with Crippen LogP contribution < -0.4 is 10.1 Å². The highest BCUT2D eigenvalue weighted by molar-refractivity contribution is 5.95. The highest BCUT2D eigenvalue weighted by Gasteiger charge is 2.15. The van der Waals surface area contributed by atoms with Crippen molar-refractivity contribution in [2.45, 2.75) is 6.42 Å². The maximum absolute atomic E-state index is 11.1. The first-order chi connectivity index (χ1) is 14.2. The minimum Gasteiger partial charge on any atom is -0.495 e. The maximum Gasteiger partial charge on any atom is 0.271 e. The summed E-state index contributed by atoms with van der Waals surface area (Å²) in [5, 5.41) is 24.8. The van der Waals surface area contributed by atoms with Gasteiger partial charge in [-0.05, 0) is 23.8 Å². The van der Waals surface area contributed by atoms with Crippen LogP contribution in [0.5, 0.6) is 5.75 Å². The van der Waals surface area contributed by atoms with Crippen molar-refractivity contribution in [1.29, 1.82) is 0 Å². The van der Waals surface area contributed by atoms with Crippen LogP contribution in [0.4, 0.5) is 17.2 Å². The van der Waals surface area contributed by atoms with Crippen molar-refractivity contribution in [2.24, 2.45) is 0 Å². The van der Waals surface area contributed by atoms with Crippen LogP contribution in [0.2, 0.25) is 0 Å². The van der Waals surface area contributed by atoms with Crippen molar-refractivity contribution in [3.05, 3.63) is 88.4 Å². The van der Waals surface area contributed by atoms with Gasteiger partial charge in [-0.25, -0.2) is 0 Å². The van der Waals surface area contributed by atoms with Crippen molar-refractivity contribution < 1.29 is 9.66 Å². The molecule has 1 N–H and O–H groups in total. The zero-order valence-corrected chi connectivity index (χ0v) is 15.6. The minimum absolute atomic E-state index is 0.0418. The average molecular weight is 387 g/mol. The van der Waals surface area contributed by atoms with Crippen LogP contribution >= 0.6 is 0 Å². The SMILES string of the molecule is COc1ccc([N+](=O)[O-])cc1Nc1nnc(Cc2ccncc2)c2ccccc12. The van der Waals surface area contributed by atoms with Crippen molar-refractivity contribution in [3.8, 4) is 5.75 Å². The Morgan fingerprint density at radius 3 is 2.52 bits per heavy atom. The van der Waals surface area contributed by atoms with E-state index in [-0.39, 0.29) is 5.69 Å². The van der Waals surface area contributed by atoms with Crippen LogP contribution in [0.3, 0.4) is 0 Å². The maximum atomic E-state index is 11.1. The van der Waals surface area contributed by atoms with Gasteiger partial charge >= 0.3 is 0 Å². The summed E-state index contributed by atoms with van der Waals surface area (Å²) < 4.78 is 5.33. The Morgan fingerprint density at radius 1 is 1.03 bits per heavy atom. The number of hydrogen-bond donors (Lipinski definition) is 1. The van der Waals surface area contributed by atoms with E-state index in [1.165, 1.54) is 19.2 Å². The molecule has 0 fully saturated rings. The molecule has 29 heavy (non-hydrogen) atoms. The fourth-order valence-corrected chi connectivity index (χ4v) is 3.11. The topological polar surface area (TPSA) is 103 Å². The molecule has 0 amide bonds. The largest absolute Gasteiger partial charge is 0.495 e. The fourth-order valence-electron chi connectivity index (χ4n) is 3.11. The second kappa shape index (κ2) is 7.89. The molecule has 0 bridgehead atoms. The summed E-state index contributed by atoms with van der Waals surface area (Å²) in [5.74, 6) is 0.972. The average Bonchev–Trinajstić information content (AvgIpc) is 2.76. The van der Waals surface area contributed by atoms with Gasteiger partial charge in [0.2, 0.25) is 0 Å². The summed E-state index contributed by atoms with van der Waals surface area (Å²) in [7, 11) is 1.51. The molecule has 2 heterocycles. The van der Waals surface area contributed by atoms with E-state index in [1.54, 1.807) is 18.5 Å². The van der Waals surface area contributed by atoms with Crippen LogP contribution in [-0.4, -0.2) is 27.2 Å². The Labute approximate surface area is 166 Å². The molecule has 0 unspecified atom stereocenters. The van der Waals surface area contributed by atoms with Gasteiger partial charge < -0.3 is 10.1 Å². The van der Waals surface area contributed by atoms with Crippen molar-refractivity contribution in [2.75, 3.05) is 12.4 Å². The Bertz CT molecular complexity index is 1180. The normalized spacial score (nSPS) is 10.7. The van der Waals surface area contributed by atoms with E-state index in [0.29, 0.717) is 23.7 Å². The third-order valence-corrected chi connectivity index (χ3v) is 4.53. The molecule has 0 aliphatic carbocycles. The van der Waals surface area contributed by atoms with Gasteiger partial charge in [-0.3, -0.25) is 15.1 Å². The lowest BCUT2D eigenvalue weighted by Gasteiger charge is -2.13. The predicted molar refractivity (Wildman–Crippen MR) is 110 cm³/mol. The molecule has 0 saturated carbocycles. The number of ether oxygens (including phenoxy) is 1. The van der Waals surface area contributed by atoms with E-state index < -0.39 is 4.92 Å². The number of pyridine rings is 1. The molecule has 8 heteroatoms. The standard InChI is InChI=1S/C21H17N5O3/c1-29-20-7-6-15(26(27)28)13-19(20)23-21-17-5-3-2-4-16(17)18(24-25-21)12-14-8-10-22-11-9-14/h2-11,13H,12H2,1H3,(H,23,25). The molecule has 0 spiro atoms. The van der Waals surface area contributed by atoms with E-state index in [9.17, 15) is 10.1 Å². The lowest BCUT2D eigenvalue weighted by Crippen LogP contribution is -2.03. The van der Waals surface area contributed by atoms with Gasteiger partial charge in [0.05, 0.1) is 23.4 Å². The van der Waals surface area contributed by atoms with Crippen LogP contribution in [0.1, 0.15) is 11.3 Å². The molecule has 0 saturated heterocycles. The number of aromatic nitrogens is 3. The zero-order valence-electron chi connectivity index (χ0n) is 15.6. The highest BCUT2D eigenvalue weighted by atomic mass is 16.6. The number of hydrogen-bond acceptors (Lipinski definition) is 7. The number of nitro benzene ring substituents is 1. The summed E-state index contributed by atoms with van der Waals surface area (Å²) in [6.07, 6.45) is 4.11. The van der Waals surface area contributed by atoms with Gasteiger partial charge in [-0.2, -0.15) is 5.10 Å². The molecular formula is C21H17N5O3. The number of nitrogens with one attached hydrogen (secondary N) is 1. The number of anilines is 2. The van der Waals surface area contributed by atoms with E-state index in [2.05, 4.69) is 20.5 Å². The molecule has 0 radical (unpaired) electrons. The van der Waals surface area contributed by atoms with E-state index in [4.69, 9.17) is 4.74 Å². The van der Waals surface area contributed by atoms with E-state index in [1.807, 2.05) is 36.4 Å².